The quantitative estimate of drug-likeness (QED) is 0.361. The molecule has 0 aromatic heterocycles. The lowest BCUT2D eigenvalue weighted by molar-refractivity contribution is -0.109. The largest absolute Gasteiger partial charge is 0.288 e. The van der Waals surface area contributed by atoms with Gasteiger partial charge in [0.25, 0.3) is 0 Å². The van der Waals surface area contributed by atoms with Crippen LogP contribution in [0.2, 0.25) is 0 Å². The Bertz CT molecular complexity index is 508. The Morgan fingerprint density at radius 1 is 1.53 bits per heavy atom. The van der Waals surface area contributed by atoms with E-state index in [0.717, 1.165) is 17.0 Å². The summed E-state index contributed by atoms with van der Waals surface area (Å²) in [7, 11) is 0. The monoisotopic (exact) mass is 261 g/mol. The normalized spacial score (nSPS) is 8.76. The van der Waals surface area contributed by atoms with Crippen molar-refractivity contribution >= 4 is 39.9 Å². The molecule has 17 heavy (non-hydrogen) atoms. The maximum atomic E-state index is 10.7. The number of rotatable bonds is 3. The van der Waals surface area contributed by atoms with Gasteiger partial charge in [0, 0.05) is 24.7 Å². The SMILES string of the molecule is CC(=O)SCCC#Cc1cccc(N=C=S)c1. The van der Waals surface area contributed by atoms with Gasteiger partial charge in [0.05, 0.1) is 10.8 Å². The summed E-state index contributed by atoms with van der Waals surface area (Å²) < 4.78 is 0. The van der Waals surface area contributed by atoms with E-state index < -0.39 is 0 Å². The molecule has 86 valence electrons. The molecule has 1 aromatic carbocycles. The molecule has 0 aliphatic carbocycles. The van der Waals surface area contributed by atoms with E-state index in [0.29, 0.717) is 6.42 Å². The second-order valence-electron chi connectivity index (χ2n) is 3.15. The van der Waals surface area contributed by atoms with Gasteiger partial charge >= 0.3 is 0 Å². The van der Waals surface area contributed by atoms with Gasteiger partial charge in [0.15, 0.2) is 5.12 Å². The molecule has 0 heterocycles. The molecule has 0 amide bonds. The van der Waals surface area contributed by atoms with Crippen LogP contribution < -0.4 is 0 Å². The van der Waals surface area contributed by atoms with Gasteiger partial charge in [-0.05, 0) is 30.4 Å². The van der Waals surface area contributed by atoms with Gasteiger partial charge in [-0.3, -0.25) is 4.79 Å². The Morgan fingerprint density at radius 3 is 3.06 bits per heavy atom. The van der Waals surface area contributed by atoms with Crippen LogP contribution in [0.15, 0.2) is 29.3 Å². The van der Waals surface area contributed by atoms with Crippen LogP contribution in [0.5, 0.6) is 0 Å². The van der Waals surface area contributed by atoms with Crippen molar-refractivity contribution in [2.75, 3.05) is 5.75 Å². The smallest absolute Gasteiger partial charge is 0.185 e. The Labute approximate surface area is 111 Å². The van der Waals surface area contributed by atoms with E-state index in [1.54, 1.807) is 6.92 Å². The van der Waals surface area contributed by atoms with E-state index in [2.05, 4.69) is 34.2 Å². The average Bonchev–Trinajstić information content (AvgIpc) is 2.29. The van der Waals surface area contributed by atoms with Gasteiger partial charge in [0.2, 0.25) is 0 Å². The molecule has 0 spiro atoms. The van der Waals surface area contributed by atoms with E-state index >= 15 is 0 Å². The molecule has 0 unspecified atom stereocenters. The van der Waals surface area contributed by atoms with Crippen molar-refractivity contribution in [1.29, 1.82) is 0 Å². The van der Waals surface area contributed by atoms with Gasteiger partial charge in [-0.2, -0.15) is 4.99 Å². The highest BCUT2D eigenvalue weighted by Crippen LogP contribution is 2.12. The molecule has 1 aromatic rings. The minimum absolute atomic E-state index is 0.129. The maximum absolute atomic E-state index is 10.7. The first-order valence-corrected chi connectivity index (χ1v) is 6.42. The number of nitrogens with zero attached hydrogens (tertiary/aromatic N) is 1. The number of hydrogen-bond donors (Lipinski definition) is 0. The number of thioether (sulfide) groups is 1. The van der Waals surface area contributed by atoms with Crippen molar-refractivity contribution in [3.63, 3.8) is 0 Å². The van der Waals surface area contributed by atoms with Crippen LogP contribution in [-0.4, -0.2) is 16.0 Å². The molecule has 0 bridgehead atoms. The maximum Gasteiger partial charge on any atom is 0.185 e. The van der Waals surface area contributed by atoms with Gasteiger partial charge in [-0.25, -0.2) is 0 Å². The summed E-state index contributed by atoms with van der Waals surface area (Å²) in [5.74, 6) is 6.77. The fraction of sp³-hybridized carbons (Fsp3) is 0.231. The Hall–Kier alpha value is -1.40. The van der Waals surface area contributed by atoms with E-state index in [1.807, 2.05) is 24.3 Å². The minimum Gasteiger partial charge on any atom is -0.288 e. The zero-order chi connectivity index (χ0) is 12.5. The molecule has 4 heteroatoms. The second kappa shape index (κ2) is 7.81. The van der Waals surface area contributed by atoms with Crippen LogP contribution in [0.1, 0.15) is 18.9 Å². The molecular weight excluding hydrogens is 250 g/mol. The van der Waals surface area contributed by atoms with Gasteiger partial charge in [-0.1, -0.05) is 29.7 Å². The van der Waals surface area contributed by atoms with Crippen molar-refractivity contribution in [2.24, 2.45) is 4.99 Å². The Balaban J connectivity index is 2.56. The molecular formula is C13H11NOS2. The molecule has 0 saturated heterocycles. The summed E-state index contributed by atoms with van der Waals surface area (Å²) in [4.78, 5) is 14.6. The van der Waals surface area contributed by atoms with Crippen molar-refractivity contribution in [1.82, 2.24) is 0 Å². The summed E-state index contributed by atoms with van der Waals surface area (Å²) in [6.45, 7) is 1.56. The van der Waals surface area contributed by atoms with E-state index in [-0.39, 0.29) is 5.12 Å². The Kier molecular flexibility index (Phi) is 6.27. The minimum atomic E-state index is 0.129. The van der Waals surface area contributed by atoms with Crippen LogP contribution in [0.25, 0.3) is 0 Å². The first-order valence-electron chi connectivity index (χ1n) is 5.02. The first kappa shape index (κ1) is 13.7. The molecule has 0 aliphatic rings. The number of hydrogen-bond acceptors (Lipinski definition) is 4. The lowest BCUT2D eigenvalue weighted by Gasteiger charge is -1.92. The van der Waals surface area contributed by atoms with Crippen molar-refractivity contribution in [3.8, 4) is 11.8 Å². The second-order valence-corrected chi connectivity index (χ2v) is 4.60. The first-order chi connectivity index (χ1) is 8.22. The number of aliphatic imine (C=N–C) groups is 1. The van der Waals surface area contributed by atoms with E-state index in [4.69, 9.17) is 0 Å². The van der Waals surface area contributed by atoms with Gasteiger partial charge in [-0.15, -0.1) is 0 Å². The third kappa shape index (κ3) is 6.03. The summed E-state index contributed by atoms with van der Waals surface area (Å²) in [6.07, 6.45) is 0.699. The Morgan fingerprint density at radius 2 is 2.35 bits per heavy atom. The molecule has 0 radical (unpaired) electrons. The molecule has 0 aliphatic heterocycles. The molecule has 0 fully saturated rings. The predicted octanol–water partition coefficient (Wildman–Crippen LogP) is 3.44. The van der Waals surface area contributed by atoms with E-state index in [9.17, 15) is 4.79 Å². The van der Waals surface area contributed by atoms with Crippen LogP contribution in [-0.2, 0) is 4.79 Å². The van der Waals surface area contributed by atoms with Crippen molar-refractivity contribution < 1.29 is 4.79 Å². The zero-order valence-electron chi connectivity index (χ0n) is 9.40. The van der Waals surface area contributed by atoms with Crippen LogP contribution in [0, 0.1) is 11.8 Å². The van der Waals surface area contributed by atoms with Crippen LogP contribution in [0.3, 0.4) is 0 Å². The fourth-order valence-corrected chi connectivity index (χ4v) is 1.71. The number of carbonyl (C=O) groups is 1. The molecule has 1 rings (SSSR count). The summed E-state index contributed by atoms with van der Waals surface area (Å²) >= 11 is 5.83. The lowest BCUT2D eigenvalue weighted by Crippen LogP contribution is -1.84. The fourth-order valence-electron chi connectivity index (χ4n) is 1.12. The molecule has 2 nitrogen and oxygen atoms in total. The summed E-state index contributed by atoms with van der Waals surface area (Å²) in [6, 6.07) is 7.48. The topological polar surface area (TPSA) is 29.4 Å². The lowest BCUT2D eigenvalue weighted by atomic mass is 10.2. The van der Waals surface area contributed by atoms with Gasteiger partial charge in [0.1, 0.15) is 0 Å². The van der Waals surface area contributed by atoms with Crippen molar-refractivity contribution in [2.45, 2.75) is 13.3 Å². The summed E-state index contributed by atoms with van der Waals surface area (Å²) in [5.41, 5.74) is 1.65. The standard InChI is InChI=1S/C13H11NOS2/c1-11(15)17-8-3-2-5-12-6-4-7-13(9-12)14-10-16/h4,6-7,9H,3,8H2,1H3. The van der Waals surface area contributed by atoms with Crippen molar-refractivity contribution in [3.05, 3.63) is 29.8 Å². The highest BCUT2D eigenvalue weighted by atomic mass is 32.2. The van der Waals surface area contributed by atoms with Crippen LogP contribution >= 0.6 is 24.0 Å². The highest BCUT2D eigenvalue weighted by Gasteiger charge is 1.92. The number of benzene rings is 1. The summed E-state index contributed by atoms with van der Waals surface area (Å²) in [5, 5.41) is 2.45. The zero-order valence-corrected chi connectivity index (χ0v) is 11.0. The van der Waals surface area contributed by atoms with Gasteiger partial charge < -0.3 is 0 Å². The molecule has 0 saturated carbocycles. The van der Waals surface area contributed by atoms with Crippen LogP contribution in [0.4, 0.5) is 5.69 Å². The number of carbonyl (C=O) groups excluding carboxylic acids is 1. The highest BCUT2D eigenvalue weighted by molar-refractivity contribution is 8.13. The predicted molar refractivity (Wildman–Crippen MR) is 75.8 cm³/mol. The number of isothiocyanates is 1. The third-order valence-electron chi connectivity index (χ3n) is 1.79. The third-order valence-corrected chi connectivity index (χ3v) is 2.69. The molecule has 0 N–H and O–H groups in total. The average molecular weight is 261 g/mol. The van der Waals surface area contributed by atoms with E-state index in [1.165, 1.54) is 11.8 Å². The molecule has 0 atom stereocenters. The number of thiocarbonyl (C=S) groups is 1.